The van der Waals surface area contributed by atoms with Crippen molar-refractivity contribution in [3.63, 3.8) is 0 Å². The minimum absolute atomic E-state index is 0.0883. The minimum atomic E-state index is -1.07. The Labute approximate surface area is 111 Å². The fourth-order valence-corrected chi connectivity index (χ4v) is 2.72. The van der Waals surface area contributed by atoms with Crippen molar-refractivity contribution in [3.05, 3.63) is 28.2 Å². The van der Waals surface area contributed by atoms with Crippen molar-refractivity contribution < 1.29 is 9.90 Å². The van der Waals surface area contributed by atoms with Gasteiger partial charge in [0.15, 0.2) is 0 Å². The van der Waals surface area contributed by atoms with Crippen molar-refractivity contribution in [1.82, 2.24) is 10.3 Å². The maximum Gasteiger partial charge on any atom is 0.405 e. The molecule has 4 N–H and O–H groups in total. The van der Waals surface area contributed by atoms with Gasteiger partial charge in [-0.2, -0.15) is 0 Å². The van der Waals surface area contributed by atoms with Crippen molar-refractivity contribution in [2.75, 3.05) is 5.32 Å². The molecule has 6 heteroatoms. The molecule has 0 radical (unpaired) electrons. The number of amides is 1. The molecule has 1 amide bonds. The fraction of sp³-hybridized carbons (Fsp3) is 0.538. The number of nitrogens with one attached hydrogen (secondary N) is 3. The predicted molar refractivity (Wildman–Crippen MR) is 72.4 cm³/mol. The first-order valence-corrected chi connectivity index (χ1v) is 6.52. The molecule has 0 aromatic carbocycles. The zero-order valence-corrected chi connectivity index (χ0v) is 11.1. The number of hydrogen-bond donors (Lipinski definition) is 4. The molecule has 3 atom stereocenters. The Morgan fingerprint density at radius 2 is 2.26 bits per heavy atom. The van der Waals surface area contributed by atoms with E-state index in [0.29, 0.717) is 11.3 Å². The van der Waals surface area contributed by atoms with Gasteiger partial charge in [0.2, 0.25) is 0 Å². The molecule has 0 aliphatic carbocycles. The van der Waals surface area contributed by atoms with Crippen LogP contribution in [-0.2, 0) is 0 Å². The topological polar surface area (TPSA) is 94.2 Å². The van der Waals surface area contributed by atoms with E-state index in [9.17, 15) is 9.59 Å². The Balaban J connectivity index is 2.43. The maximum atomic E-state index is 11.9. The van der Waals surface area contributed by atoms with Crippen molar-refractivity contribution >= 4 is 11.8 Å². The number of rotatable bonds is 3. The standard InChI is InChI=1S/C13H19N3O3/c1-3-4-9-7(2)10(16-13(18)19)8-5-6-14-12(17)11(8)15-9/h5-7,9-10,15-16H,3-4H2,1-2H3,(H,14,17)(H,18,19)/t7-,9+,10-/m1/s1. The van der Waals surface area contributed by atoms with Gasteiger partial charge in [0.25, 0.3) is 5.56 Å². The molecule has 2 rings (SSSR count). The van der Waals surface area contributed by atoms with Crippen LogP contribution in [0.3, 0.4) is 0 Å². The van der Waals surface area contributed by atoms with Gasteiger partial charge in [0.05, 0.1) is 6.04 Å². The summed E-state index contributed by atoms with van der Waals surface area (Å²) in [6.45, 7) is 4.07. The van der Waals surface area contributed by atoms with Crippen LogP contribution in [0.25, 0.3) is 0 Å². The molecule has 104 valence electrons. The first-order chi connectivity index (χ1) is 9.04. The second-order valence-electron chi connectivity index (χ2n) is 4.96. The summed E-state index contributed by atoms with van der Waals surface area (Å²) in [5, 5.41) is 14.7. The van der Waals surface area contributed by atoms with Gasteiger partial charge in [0.1, 0.15) is 5.69 Å². The van der Waals surface area contributed by atoms with Crippen LogP contribution in [0.5, 0.6) is 0 Å². The molecule has 0 saturated heterocycles. The number of pyridine rings is 1. The van der Waals surface area contributed by atoms with Gasteiger partial charge in [-0.1, -0.05) is 20.3 Å². The third kappa shape index (κ3) is 2.57. The quantitative estimate of drug-likeness (QED) is 0.671. The van der Waals surface area contributed by atoms with E-state index in [1.54, 1.807) is 12.3 Å². The van der Waals surface area contributed by atoms with E-state index in [4.69, 9.17) is 5.11 Å². The minimum Gasteiger partial charge on any atom is -0.465 e. The van der Waals surface area contributed by atoms with Gasteiger partial charge < -0.3 is 20.7 Å². The highest BCUT2D eigenvalue weighted by Gasteiger charge is 2.35. The lowest BCUT2D eigenvalue weighted by Crippen LogP contribution is -2.45. The zero-order chi connectivity index (χ0) is 14.0. The Morgan fingerprint density at radius 3 is 2.89 bits per heavy atom. The molecule has 0 bridgehead atoms. The van der Waals surface area contributed by atoms with E-state index in [1.807, 2.05) is 6.92 Å². The van der Waals surface area contributed by atoms with E-state index in [0.717, 1.165) is 12.8 Å². The van der Waals surface area contributed by atoms with Crippen molar-refractivity contribution in [2.24, 2.45) is 5.92 Å². The number of aromatic amines is 1. The maximum absolute atomic E-state index is 11.9. The fourth-order valence-electron chi connectivity index (χ4n) is 2.72. The molecule has 0 fully saturated rings. The molecule has 1 aliphatic rings. The molecule has 1 aromatic rings. The normalized spacial score (nSPS) is 25.3. The van der Waals surface area contributed by atoms with Crippen LogP contribution < -0.4 is 16.2 Å². The van der Waals surface area contributed by atoms with Crippen LogP contribution >= 0.6 is 0 Å². The number of hydrogen-bond acceptors (Lipinski definition) is 3. The smallest absolute Gasteiger partial charge is 0.405 e. The third-order valence-corrected chi connectivity index (χ3v) is 3.70. The molecule has 19 heavy (non-hydrogen) atoms. The van der Waals surface area contributed by atoms with Gasteiger partial charge in [0, 0.05) is 23.7 Å². The highest BCUT2D eigenvalue weighted by molar-refractivity contribution is 5.67. The van der Waals surface area contributed by atoms with Crippen LogP contribution in [0, 0.1) is 5.92 Å². The zero-order valence-electron chi connectivity index (χ0n) is 11.1. The van der Waals surface area contributed by atoms with E-state index in [-0.39, 0.29) is 23.6 Å². The summed E-state index contributed by atoms with van der Waals surface area (Å²) in [6, 6.07) is 1.49. The lowest BCUT2D eigenvalue weighted by atomic mass is 9.82. The molecule has 6 nitrogen and oxygen atoms in total. The molecule has 1 aliphatic heterocycles. The number of H-pyrrole nitrogens is 1. The van der Waals surface area contributed by atoms with Crippen LogP contribution in [0.15, 0.2) is 17.1 Å². The Kier molecular flexibility index (Phi) is 3.78. The number of fused-ring (bicyclic) bond motifs is 1. The van der Waals surface area contributed by atoms with Gasteiger partial charge in [-0.15, -0.1) is 0 Å². The molecule has 2 heterocycles. The van der Waals surface area contributed by atoms with E-state index in [1.165, 1.54) is 0 Å². The highest BCUT2D eigenvalue weighted by atomic mass is 16.4. The molecule has 0 spiro atoms. The van der Waals surface area contributed by atoms with Crippen LogP contribution in [0.1, 0.15) is 38.3 Å². The molecular formula is C13H19N3O3. The Hall–Kier alpha value is -1.98. The third-order valence-electron chi connectivity index (χ3n) is 3.70. The largest absolute Gasteiger partial charge is 0.465 e. The number of carboxylic acid groups (broad SMARTS) is 1. The lowest BCUT2D eigenvalue weighted by Gasteiger charge is -2.38. The van der Waals surface area contributed by atoms with Crippen LogP contribution in [0.4, 0.5) is 10.5 Å². The first kappa shape index (κ1) is 13.5. The summed E-state index contributed by atoms with van der Waals surface area (Å²) < 4.78 is 0. The summed E-state index contributed by atoms with van der Waals surface area (Å²) >= 11 is 0. The van der Waals surface area contributed by atoms with Crippen LogP contribution in [-0.4, -0.2) is 22.2 Å². The molecular weight excluding hydrogens is 246 g/mol. The van der Waals surface area contributed by atoms with Gasteiger partial charge in [-0.3, -0.25) is 4.79 Å². The highest BCUT2D eigenvalue weighted by Crippen LogP contribution is 2.35. The average molecular weight is 265 g/mol. The van der Waals surface area contributed by atoms with Gasteiger partial charge in [-0.25, -0.2) is 4.79 Å². The van der Waals surface area contributed by atoms with Crippen molar-refractivity contribution in [3.8, 4) is 0 Å². The van der Waals surface area contributed by atoms with E-state index < -0.39 is 6.09 Å². The first-order valence-electron chi connectivity index (χ1n) is 6.52. The second-order valence-corrected chi connectivity index (χ2v) is 4.96. The SMILES string of the molecule is CCC[C@@H]1Nc2c(cc[nH]c2=O)[C@H](NC(=O)O)[C@@H]1C. The summed E-state index contributed by atoms with van der Waals surface area (Å²) in [7, 11) is 0. The molecule has 0 unspecified atom stereocenters. The van der Waals surface area contributed by atoms with E-state index in [2.05, 4.69) is 22.5 Å². The molecule has 1 aromatic heterocycles. The monoisotopic (exact) mass is 265 g/mol. The van der Waals surface area contributed by atoms with Crippen LogP contribution in [0.2, 0.25) is 0 Å². The summed E-state index contributed by atoms with van der Waals surface area (Å²) in [4.78, 5) is 25.4. The second kappa shape index (κ2) is 5.34. The van der Waals surface area contributed by atoms with Crippen molar-refractivity contribution in [2.45, 2.75) is 38.8 Å². The predicted octanol–water partition coefficient (Wildman–Crippen LogP) is 1.91. The number of carbonyl (C=O) groups is 1. The number of aromatic nitrogens is 1. The summed E-state index contributed by atoms with van der Waals surface area (Å²) in [6.07, 6.45) is 2.35. The van der Waals surface area contributed by atoms with E-state index >= 15 is 0 Å². The van der Waals surface area contributed by atoms with Crippen molar-refractivity contribution in [1.29, 1.82) is 0 Å². The summed E-state index contributed by atoms with van der Waals surface area (Å²) in [5.74, 6) is 0.0883. The summed E-state index contributed by atoms with van der Waals surface area (Å²) in [5.41, 5.74) is 0.992. The van der Waals surface area contributed by atoms with Gasteiger partial charge >= 0.3 is 6.09 Å². The Morgan fingerprint density at radius 1 is 1.53 bits per heavy atom. The Bertz CT molecular complexity index is 526. The lowest BCUT2D eigenvalue weighted by molar-refractivity contribution is 0.182. The number of anilines is 1. The molecule has 0 saturated carbocycles. The van der Waals surface area contributed by atoms with Gasteiger partial charge in [-0.05, 0) is 12.5 Å². The average Bonchev–Trinajstić information content (AvgIpc) is 2.35.